The smallest absolute Gasteiger partial charge is 0.295 e. The third kappa shape index (κ3) is 3.01. The summed E-state index contributed by atoms with van der Waals surface area (Å²) in [6.07, 6.45) is 0.849. The number of anilines is 1. The number of ether oxygens (including phenoxy) is 1. The fourth-order valence-corrected chi connectivity index (χ4v) is 1.94. The molecular weight excluding hydrogens is 262 g/mol. The molecule has 1 aromatic heterocycles. The Balaban J connectivity index is 2.31. The second kappa shape index (κ2) is 6.27. The first-order chi connectivity index (χ1) is 9.63. The third-order valence-electron chi connectivity index (χ3n) is 2.83. The Bertz CT molecular complexity index is 618. The lowest BCUT2D eigenvalue weighted by molar-refractivity contribution is -0.383. The van der Waals surface area contributed by atoms with Gasteiger partial charge in [0.25, 0.3) is 5.69 Å². The van der Waals surface area contributed by atoms with Crippen LogP contribution in [0.2, 0.25) is 0 Å². The quantitative estimate of drug-likeness (QED) is 0.614. The highest BCUT2D eigenvalue weighted by molar-refractivity contribution is 5.96. The minimum absolute atomic E-state index is 0.0383. The van der Waals surface area contributed by atoms with Crippen LogP contribution in [0.4, 0.5) is 11.4 Å². The van der Waals surface area contributed by atoms with Gasteiger partial charge in [0.05, 0.1) is 17.6 Å². The van der Waals surface area contributed by atoms with Crippen molar-refractivity contribution in [2.24, 2.45) is 0 Å². The lowest BCUT2D eigenvalue weighted by atomic mass is 10.1. The van der Waals surface area contributed by atoms with Crippen molar-refractivity contribution in [2.45, 2.75) is 6.10 Å². The summed E-state index contributed by atoms with van der Waals surface area (Å²) in [7, 11) is 1.51. The molecule has 0 saturated carbocycles. The number of rotatable bonds is 6. The molecule has 0 bridgehead atoms. The number of aromatic nitrogens is 1. The second-order valence-electron chi connectivity index (χ2n) is 4.28. The van der Waals surface area contributed by atoms with E-state index in [0.29, 0.717) is 16.6 Å². The molecular formula is C13H15N3O4. The topological polar surface area (TPSA) is 97.5 Å². The van der Waals surface area contributed by atoms with E-state index < -0.39 is 11.0 Å². The highest BCUT2D eigenvalue weighted by Gasteiger charge is 2.14. The molecule has 0 aliphatic rings. The molecule has 106 valence electrons. The zero-order chi connectivity index (χ0) is 14.5. The Morgan fingerprint density at radius 1 is 1.50 bits per heavy atom. The summed E-state index contributed by atoms with van der Waals surface area (Å²) >= 11 is 0. The summed E-state index contributed by atoms with van der Waals surface area (Å²) in [6.45, 7) is 0.506. The summed E-state index contributed by atoms with van der Waals surface area (Å²) in [5, 5.41) is 24.3. The van der Waals surface area contributed by atoms with E-state index in [9.17, 15) is 15.2 Å². The normalized spacial score (nSPS) is 12.3. The number of pyridine rings is 1. The molecule has 2 aromatic rings. The van der Waals surface area contributed by atoms with Crippen molar-refractivity contribution in [1.29, 1.82) is 0 Å². The lowest BCUT2D eigenvalue weighted by Gasteiger charge is -2.13. The maximum Gasteiger partial charge on any atom is 0.295 e. The highest BCUT2D eigenvalue weighted by atomic mass is 16.6. The SMILES string of the molecule is COCC(O)CNc1ccnc2c([N+](=O)[O-])cccc12. The zero-order valence-corrected chi connectivity index (χ0v) is 10.9. The molecule has 1 aromatic carbocycles. The van der Waals surface area contributed by atoms with Crippen LogP contribution in [0.15, 0.2) is 30.5 Å². The van der Waals surface area contributed by atoms with Gasteiger partial charge in [-0.05, 0) is 6.07 Å². The Morgan fingerprint density at radius 3 is 3.00 bits per heavy atom. The van der Waals surface area contributed by atoms with E-state index in [2.05, 4.69) is 10.3 Å². The van der Waals surface area contributed by atoms with E-state index in [1.54, 1.807) is 18.2 Å². The molecule has 20 heavy (non-hydrogen) atoms. The number of non-ortho nitro benzene ring substituents is 1. The Morgan fingerprint density at radius 2 is 2.30 bits per heavy atom. The minimum Gasteiger partial charge on any atom is -0.389 e. The van der Waals surface area contributed by atoms with Crippen molar-refractivity contribution in [3.05, 3.63) is 40.6 Å². The van der Waals surface area contributed by atoms with Gasteiger partial charge in [-0.2, -0.15) is 0 Å². The van der Waals surface area contributed by atoms with Gasteiger partial charge in [-0.1, -0.05) is 12.1 Å². The van der Waals surface area contributed by atoms with Gasteiger partial charge in [-0.25, -0.2) is 4.98 Å². The molecule has 0 aliphatic heterocycles. The number of nitro benzene ring substituents is 1. The fourth-order valence-electron chi connectivity index (χ4n) is 1.94. The maximum absolute atomic E-state index is 11.0. The molecule has 7 heteroatoms. The molecule has 1 atom stereocenters. The van der Waals surface area contributed by atoms with Crippen LogP contribution in [0.25, 0.3) is 10.9 Å². The van der Waals surface area contributed by atoms with Gasteiger partial charge in [-0.3, -0.25) is 10.1 Å². The summed E-state index contributed by atoms with van der Waals surface area (Å²) in [5.41, 5.74) is 0.973. The first-order valence-electron chi connectivity index (χ1n) is 6.06. The van der Waals surface area contributed by atoms with Crippen LogP contribution in [-0.4, -0.2) is 41.4 Å². The molecule has 1 unspecified atom stereocenters. The van der Waals surface area contributed by atoms with Crippen molar-refractivity contribution in [3.8, 4) is 0 Å². The van der Waals surface area contributed by atoms with Crippen molar-refractivity contribution in [2.75, 3.05) is 25.6 Å². The number of nitrogens with zero attached hydrogens (tertiary/aromatic N) is 2. The van der Waals surface area contributed by atoms with Crippen molar-refractivity contribution in [1.82, 2.24) is 4.98 Å². The molecule has 0 fully saturated rings. The molecule has 0 spiro atoms. The zero-order valence-electron chi connectivity index (χ0n) is 10.9. The van der Waals surface area contributed by atoms with E-state index in [1.807, 2.05) is 0 Å². The van der Waals surface area contributed by atoms with Crippen LogP contribution < -0.4 is 5.32 Å². The van der Waals surface area contributed by atoms with Gasteiger partial charge in [0.15, 0.2) is 0 Å². The first-order valence-corrected chi connectivity index (χ1v) is 6.06. The number of para-hydroxylation sites is 1. The van der Waals surface area contributed by atoms with Crippen LogP contribution >= 0.6 is 0 Å². The number of hydrogen-bond acceptors (Lipinski definition) is 6. The van der Waals surface area contributed by atoms with E-state index >= 15 is 0 Å². The Kier molecular flexibility index (Phi) is 4.44. The average molecular weight is 277 g/mol. The molecule has 0 amide bonds. The number of hydrogen-bond donors (Lipinski definition) is 2. The lowest BCUT2D eigenvalue weighted by Crippen LogP contribution is -2.24. The van der Waals surface area contributed by atoms with Crippen LogP contribution in [0.5, 0.6) is 0 Å². The van der Waals surface area contributed by atoms with Gasteiger partial charge in [0.2, 0.25) is 0 Å². The summed E-state index contributed by atoms with van der Waals surface area (Å²) in [5.74, 6) is 0. The number of aliphatic hydroxyl groups is 1. The molecule has 7 nitrogen and oxygen atoms in total. The second-order valence-corrected chi connectivity index (χ2v) is 4.28. The van der Waals surface area contributed by atoms with Crippen LogP contribution in [0.3, 0.4) is 0 Å². The molecule has 2 rings (SSSR count). The van der Waals surface area contributed by atoms with Gasteiger partial charge in [0.1, 0.15) is 5.52 Å². The van der Waals surface area contributed by atoms with Crippen LogP contribution in [0.1, 0.15) is 0 Å². The largest absolute Gasteiger partial charge is 0.389 e. The predicted octanol–water partition coefficient (Wildman–Crippen LogP) is 1.56. The molecule has 0 saturated heterocycles. The molecule has 0 aliphatic carbocycles. The van der Waals surface area contributed by atoms with Crippen molar-refractivity contribution >= 4 is 22.3 Å². The van der Waals surface area contributed by atoms with Crippen molar-refractivity contribution < 1.29 is 14.8 Å². The number of methoxy groups -OCH3 is 1. The Hall–Kier alpha value is -2.25. The van der Waals surface area contributed by atoms with Gasteiger partial charge < -0.3 is 15.2 Å². The van der Waals surface area contributed by atoms with E-state index in [4.69, 9.17) is 4.74 Å². The summed E-state index contributed by atoms with van der Waals surface area (Å²) < 4.78 is 4.84. The summed E-state index contributed by atoms with van der Waals surface area (Å²) in [4.78, 5) is 14.6. The monoisotopic (exact) mass is 277 g/mol. The van der Waals surface area contributed by atoms with Gasteiger partial charge >= 0.3 is 0 Å². The maximum atomic E-state index is 11.0. The average Bonchev–Trinajstić information content (AvgIpc) is 2.44. The number of nitrogens with one attached hydrogen (secondary N) is 1. The molecule has 0 radical (unpaired) electrons. The number of aliphatic hydroxyl groups excluding tert-OH is 1. The number of fused-ring (bicyclic) bond motifs is 1. The number of nitro groups is 1. The van der Waals surface area contributed by atoms with Crippen molar-refractivity contribution in [3.63, 3.8) is 0 Å². The number of benzene rings is 1. The minimum atomic E-state index is -0.651. The molecule has 2 N–H and O–H groups in total. The first kappa shape index (κ1) is 14.2. The van der Waals surface area contributed by atoms with E-state index in [0.717, 1.165) is 0 Å². The Labute approximate surface area is 115 Å². The highest BCUT2D eigenvalue weighted by Crippen LogP contribution is 2.28. The standard InChI is InChI=1S/C13H15N3O4/c1-20-8-9(17)7-15-11-5-6-14-13-10(11)3-2-4-12(13)16(18)19/h2-6,9,17H,7-8H2,1H3,(H,14,15). The van der Waals surface area contributed by atoms with E-state index in [-0.39, 0.29) is 18.8 Å². The van der Waals surface area contributed by atoms with Gasteiger partial charge in [0, 0.05) is 37.0 Å². The predicted molar refractivity (Wildman–Crippen MR) is 74.8 cm³/mol. The van der Waals surface area contributed by atoms with Gasteiger partial charge in [-0.15, -0.1) is 0 Å². The van der Waals surface area contributed by atoms with Crippen LogP contribution in [-0.2, 0) is 4.74 Å². The third-order valence-corrected chi connectivity index (χ3v) is 2.83. The summed E-state index contributed by atoms with van der Waals surface area (Å²) in [6, 6.07) is 6.49. The van der Waals surface area contributed by atoms with Crippen LogP contribution in [0, 0.1) is 10.1 Å². The fraction of sp³-hybridized carbons (Fsp3) is 0.308. The molecule has 1 heterocycles. The van der Waals surface area contributed by atoms with E-state index in [1.165, 1.54) is 19.4 Å².